The van der Waals surface area contributed by atoms with Gasteiger partial charge in [0.15, 0.2) is 0 Å². The Morgan fingerprint density at radius 2 is 2.00 bits per heavy atom. The molecule has 1 N–H and O–H groups in total. The van der Waals surface area contributed by atoms with Crippen LogP contribution < -0.4 is 14.8 Å². The Kier molecular flexibility index (Phi) is 6.15. The van der Waals surface area contributed by atoms with E-state index in [9.17, 15) is 4.79 Å². The van der Waals surface area contributed by atoms with E-state index in [1.54, 1.807) is 39.3 Å². The molecule has 0 aliphatic carbocycles. The summed E-state index contributed by atoms with van der Waals surface area (Å²) >= 11 is 0. The molecule has 0 aliphatic heterocycles. The van der Waals surface area contributed by atoms with Gasteiger partial charge >= 0.3 is 5.97 Å². The minimum Gasteiger partial charge on any atom is -0.497 e. The van der Waals surface area contributed by atoms with Gasteiger partial charge in [-0.1, -0.05) is 6.92 Å². The van der Waals surface area contributed by atoms with Gasteiger partial charge in [-0.2, -0.15) is 0 Å². The van der Waals surface area contributed by atoms with Gasteiger partial charge in [0, 0.05) is 5.56 Å². The summed E-state index contributed by atoms with van der Waals surface area (Å²) in [7, 11) is 3.15. The number of nitrogens with one attached hydrogen (secondary N) is 1. The Balaban J connectivity index is 3.15. The summed E-state index contributed by atoms with van der Waals surface area (Å²) in [4.78, 5) is 12.0. The Bertz CT molecular complexity index is 420. The van der Waals surface area contributed by atoms with E-state index in [0.717, 1.165) is 0 Å². The number of carbonyl (C=O) groups excluding carboxylic acids is 1. The maximum absolute atomic E-state index is 12.0. The Labute approximate surface area is 113 Å². The zero-order valence-corrected chi connectivity index (χ0v) is 11.9. The first-order chi connectivity index (χ1) is 9.17. The van der Waals surface area contributed by atoms with E-state index >= 15 is 0 Å². The smallest absolute Gasteiger partial charge is 0.327 e. The molecule has 0 spiro atoms. The molecule has 0 amide bonds. The van der Waals surface area contributed by atoms with Crippen LogP contribution in [0, 0.1) is 0 Å². The molecule has 19 heavy (non-hydrogen) atoms. The molecule has 1 rings (SSSR count). The highest BCUT2D eigenvalue weighted by molar-refractivity contribution is 5.79. The van der Waals surface area contributed by atoms with E-state index in [2.05, 4.69) is 5.32 Å². The van der Waals surface area contributed by atoms with Crippen LogP contribution in [0.15, 0.2) is 18.2 Å². The van der Waals surface area contributed by atoms with Crippen molar-refractivity contribution in [3.8, 4) is 11.5 Å². The molecule has 1 atom stereocenters. The van der Waals surface area contributed by atoms with Gasteiger partial charge < -0.3 is 19.5 Å². The lowest BCUT2D eigenvalue weighted by Crippen LogP contribution is -2.30. The standard InChI is InChI=1S/C14H21NO4/c1-5-15-13(14(16)19-6-2)11-9-10(17-3)7-8-12(11)18-4/h7-9,13,15H,5-6H2,1-4H3. The second-order valence-electron chi connectivity index (χ2n) is 3.85. The van der Waals surface area contributed by atoms with Gasteiger partial charge in [0.05, 0.1) is 20.8 Å². The molecule has 0 heterocycles. The Hall–Kier alpha value is -1.75. The van der Waals surface area contributed by atoms with Crippen LogP contribution in [0.5, 0.6) is 11.5 Å². The minimum atomic E-state index is -0.560. The molecular formula is C14H21NO4. The first-order valence-electron chi connectivity index (χ1n) is 6.29. The maximum Gasteiger partial charge on any atom is 0.327 e. The molecule has 106 valence electrons. The van der Waals surface area contributed by atoms with Gasteiger partial charge in [-0.25, -0.2) is 4.79 Å². The van der Waals surface area contributed by atoms with Gasteiger partial charge in [0.1, 0.15) is 17.5 Å². The highest BCUT2D eigenvalue weighted by Gasteiger charge is 2.24. The molecule has 0 bridgehead atoms. The quantitative estimate of drug-likeness (QED) is 0.765. The molecule has 5 heteroatoms. The first kappa shape index (κ1) is 15.3. The fourth-order valence-corrected chi connectivity index (χ4v) is 1.81. The number of rotatable bonds is 7. The lowest BCUT2D eigenvalue weighted by atomic mass is 10.1. The van der Waals surface area contributed by atoms with Gasteiger partial charge in [0.2, 0.25) is 0 Å². The fraction of sp³-hybridized carbons (Fsp3) is 0.500. The normalized spacial score (nSPS) is 11.8. The van der Waals surface area contributed by atoms with E-state index < -0.39 is 6.04 Å². The summed E-state index contributed by atoms with van der Waals surface area (Å²) in [5.41, 5.74) is 0.710. The summed E-state index contributed by atoms with van der Waals surface area (Å²) in [6.45, 7) is 4.69. The second kappa shape index (κ2) is 7.63. The summed E-state index contributed by atoms with van der Waals surface area (Å²) < 4.78 is 15.6. The lowest BCUT2D eigenvalue weighted by Gasteiger charge is -2.19. The zero-order chi connectivity index (χ0) is 14.3. The summed E-state index contributed by atoms with van der Waals surface area (Å²) in [5.74, 6) is 0.971. The van der Waals surface area contributed by atoms with Gasteiger partial charge in [-0.3, -0.25) is 0 Å². The highest BCUT2D eigenvalue weighted by atomic mass is 16.5. The number of carbonyl (C=O) groups is 1. The zero-order valence-electron chi connectivity index (χ0n) is 11.9. The SMILES string of the molecule is CCNC(C(=O)OCC)c1cc(OC)ccc1OC. The lowest BCUT2D eigenvalue weighted by molar-refractivity contribution is -0.145. The van der Waals surface area contributed by atoms with E-state index in [1.807, 2.05) is 6.92 Å². The number of hydrogen-bond donors (Lipinski definition) is 1. The summed E-state index contributed by atoms with van der Waals surface area (Å²) in [5, 5.41) is 3.10. The predicted octanol–water partition coefficient (Wildman–Crippen LogP) is 1.92. The third kappa shape index (κ3) is 3.86. The van der Waals surface area contributed by atoms with Crippen molar-refractivity contribution in [2.24, 2.45) is 0 Å². The van der Waals surface area contributed by atoms with Gasteiger partial charge in [-0.15, -0.1) is 0 Å². The molecular weight excluding hydrogens is 246 g/mol. The average molecular weight is 267 g/mol. The molecule has 0 aromatic heterocycles. The average Bonchev–Trinajstić information content (AvgIpc) is 2.44. The number of hydrogen-bond acceptors (Lipinski definition) is 5. The van der Waals surface area contributed by atoms with E-state index in [-0.39, 0.29) is 5.97 Å². The second-order valence-corrected chi connectivity index (χ2v) is 3.85. The summed E-state index contributed by atoms with van der Waals surface area (Å²) in [6, 6.07) is 4.78. The number of likely N-dealkylation sites (N-methyl/N-ethyl adjacent to an activating group) is 1. The van der Waals surface area contributed by atoms with Crippen molar-refractivity contribution < 1.29 is 19.0 Å². The van der Waals surface area contributed by atoms with Crippen molar-refractivity contribution >= 4 is 5.97 Å². The molecule has 0 saturated carbocycles. The topological polar surface area (TPSA) is 56.8 Å². The van der Waals surface area contributed by atoms with E-state index in [4.69, 9.17) is 14.2 Å². The number of ether oxygens (including phenoxy) is 3. The van der Waals surface area contributed by atoms with Crippen LogP contribution >= 0.6 is 0 Å². The first-order valence-corrected chi connectivity index (χ1v) is 6.29. The molecule has 5 nitrogen and oxygen atoms in total. The molecule has 0 aliphatic rings. The van der Waals surface area contributed by atoms with Gasteiger partial charge in [0.25, 0.3) is 0 Å². The number of benzene rings is 1. The van der Waals surface area contributed by atoms with Crippen LogP contribution in [0.3, 0.4) is 0 Å². The number of esters is 1. The molecule has 1 aromatic rings. The van der Waals surface area contributed by atoms with Crippen LogP contribution in [-0.2, 0) is 9.53 Å². The van der Waals surface area contributed by atoms with Crippen LogP contribution in [0.4, 0.5) is 0 Å². The third-order valence-electron chi connectivity index (χ3n) is 2.68. The molecule has 1 unspecified atom stereocenters. The van der Waals surface area contributed by atoms with Gasteiger partial charge in [-0.05, 0) is 31.7 Å². The Morgan fingerprint density at radius 3 is 2.53 bits per heavy atom. The highest BCUT2D eigenvalue weighted by Crippen LogP contribution is 2.30. The Morgan fingerprint density at radius 1 is 1.26 bits per heavy atom. The van der Waals surface area contributed by atoms with Crippen LogP contribution in [-0.4, -0.2) is 33.3 Å². The van der Waals surface area contributed by atoms with Crippen molar-refractivity contribution in [2.75, 3.05) is 27.4 Å². The van der Waals surface area contributed by atoms with E-state index in [1.165, 1.54) is 0 Å². The largest absolute Gasteiger partial charge is 0.497 e. The third-order valence-corrected chi connectivity index (χ3v) is 2.68. The van der Waals surface area contributed by atoms with Crippen LogP contribution in [0.25, 0.3) is 0 Å². The van der Waals surface area contributed by atoms with Crippen molar-refractivity contribution in [3.05, 3.63) is 23.8 Å². The van der Waals surface area contributed by atoms with Crippen molar-refractivity contribution in [1.29, 1.82) is 0 Å². The van der Waals surface area contributed by atoms with Crippen LogP contribution in [0.2, 0.25) is 0 Å². The van der Waals surface area contributed by atoms with Crippen molar-refractivity contribution in [3.63, 3.8) is 0 Å². The van der Waals surface area contributed by atoms with Crippen molar-refractivity contribution in [1.82, 2.24) is 5.32 Å². The molecule has 0 saturated heterocycles. The monoisotopic (exact) mass is 267 g/mol. The minimum absolute atomic E-state index is 0.323. The van der Waals surface area contributed by atoms with Crippen molar-refractivity contribution in [2.45, 2.75) is 19.9 Å². The van der Waals surface area contributed by atoms with Crippen LogP contribution in [0.1, 0.15) is 25.5 Å². The molecule has 1 aromatic carbocycles. The fourth-order valence-electron chi connectivity index (χ4n) is 1.81. The molecule has 0 radical (unpaired) electrons. The predicted molar refractivity (Wildman–Crippen MR) is 72.6 cm³/mol. The number of methoxy groups -OCH3 is 2. The van der Waals surface area contributed by atoms with E-state index in [0.29, 0.717) is 30.2 Å². The summed E-state index contributed by atoms with van der Waals surface area (Å²) in [6.07, 6.45) is 0. The maximum atomic E-state index is 12.0. The molecule has 0 fully saturated rings.